The Hall–Kier alpha value is -1.05. The van der Waals surface area contributed by atoms with Gasteiger partial charge in [0.15, 0.2) is 0 Å². The van der Waals surface area contributed by atoms with Gasteiger partial charge in [0.25, 0.3) is 0 Å². The van der Waals surface area contributed by atoms with Crippen molar-refractivity contribution in [2.24, 2.45) is 11.8 Å². The van der Waals surface area contributed by atoms with E-state index >= 15 is 0 Å². The highest BCUT2D eigenvalue weighted by Crippen LogP contribution is 2.42. The van der Waals surface area contributed by atoms with Crippen LogP contribution in [-0.4, -0.2) is 12.6 Å². The summed E-state index contributed by atoms with van der Waals surface area (Å²) in [6.07, 6.45) is 7.62. The molecule has 2 aliphatic rings. The normalized spacial score (nSPS) is 29.2. The van der Waals surface area contributed by atoms with E-state index in [-0.39, 0.29) is 5.97 Å². The van der Waals surface area contributed by atoms with Crippen LogP contribution in [-0.2, 0) is 9.53 Å². The molecule has 0 aromatic carbocycles. The van der Waals surface area contributed by atoms with Gasteiger partial charge in [0.1, 0.15) is 0 Å². The minimum absolute atomic E-state index is 0.137. The Labute approximate surface area is 91.0 Å². The summed E-state index contributed by atoms with van der Waals surface area (Å²) in [5, 5.41) is 0. The van der Waals surface area contributed by atoms with Crippen molar-refractivity contribution < 1.29 is 9.53 Å². The molecule has 0 spiro atoms. The third kappa shape index (κ3) is 1.85. The lowest BCUT2D eigenvalue weighted by Gasteiger charge is -2.23. The largest absolute Gasteiger partial charge is 0.462 e. The fraction of sp³-hybridized carbons (Fsp3) is 0.615. The number of hydrogen-bond donors (Lipinski definition) is 0. The summed E-state index contributed by atoms with van der Waals surface area (Å²) in [5.74, 6) is 1.04. The van der Waals surface area contributed by atoms with Crippen molar-refractivity contribution in [2.45, 2.75) is 33.1 Å². The lowest BCUT2D eigenvalue weighted by Crippen LogP contribution is -2.18. The zero-order valence-corrected chi connectivity index (χ0v) is 9.45. The maximum Gasteiger partial charge on any atom is 0.338 e. The Balaban J connectivity index is 2.26. The number of hydrogen-bond acceptors (Lipinski definition) is 2. The fourth-order valence-electron chi connectivity index (χ4n) is 2.68. The second kappa shape index (κ2) is 4.21. The Kier molecular flexibility index (Phi) is 2.94. The van der Waals surface area contributed by atoms with E-state index in [1.807, 2.05) is 13.0 Å². The zero-order valence-electron chi connectivity index (χ0n) is 9.45. The molecule has 0 amide bonds. The van der Waals surface area contributed by atoms with Crippen LogP contribution >= 0.6 is 0 Å². The van der Waals surface area contributed by atoms with E-state index in [1.165, 1.54) is 18.4 Å². The second-order valence-electron chi connectivity index (χ2n) is 4.38. The van der Waals surface area contributed by atoms with E-state index in [2.05, 4.69) is 13.0 Å². The van der Waals surface area contributed by atoms with Gasteiger partial charge in [-0.2, -0.15) is 0 Å². The summed E-state index contributed by atoms with van der Waals surface area (Å²) in [6, 6.07) is 0. The van der Waals surface area contributed by atoms with Crippen molar-refractivity contribution in [1.82, 2.24) is 0 Å². The lowest BCUT2D eigenvalue weighted by atomic mass is 9.82. The Morgan fingerprint density at radius 3 is 3.13 bits per heavy atom. The van der Waals surface area contributed by atoms with Gasteiger partial charge in [-0.3, -0.25) is 0 Å². The highest BCUT2D eigenvalue weighted by molar-refractivity contribution is 5.93. The van der Waals surface area contributed by atoms with Crippen molar-refractivity contribution in [3.05, 3.63) is 23.3 Å². The number of ether oxygens (including phenoxy) is 1. The Bertz CT molecular complexity index is 325. The van der Waals surface area contributed by atoms with Gasteiger partial charge in [-0.25, -0.2) is 4.79 Å². The molecule has 0 aromatic heterocycles. The van der Waals surface area contributed by atoms with Gasteiger partial charge in [0.05, 0.1) is 12.2 Å². The van der Waals surface area contributed by atoms with Crippen LogP contribution in [0.5, 0.6) is 0 Å². The SMILES string of the molecule is CCOC(=O)C1=C2CCCC2C(C)C=C1. The van der Waals surface area contributed by atoms with Crippen LogP contribution in [0.2, 0.25) is 0 Å². The number of allylic oxidation sites excluding steroid dienone is 2. The number of carbonyl (C=O) groups is 1. The highest BCUT2D eigenvalue weighted by atomic mass is 16.5. The first-order chi connectivity index (χ1) is 7.24. The first-order valence-corrected chi connectivity index (χ1v) is 5.82. The van der Waals surface area contributed by atoms with E-state index in [0.29, 0.717) is 18.4 Å². The van der Waals surface area contributed by atoms with Gasteiger partial charge >= 0.3 is 5.97 Å². The quantitative estimate of drug-likeness (QED) is 0.649. The predicted molar refractivity (Wildman–Crippen MR) is 59.3 cm³/mol. The predicted octanol–water partition coefficient (Wildman–Crippen LogP) is 2.85. The van der Waals surface area contributed by atoms with Crippen LogP contribution in [0.25, 0.3) is 0 Å². The van der Waals surface area contributed by atoms with Crippen molar-refractivity contribution >= 4 is 5.97 Å². The van der Waals surface area contributed by atoms with Gasteiger partial charge in [0, 0.05) is 0 Å². The van der Waals surface area contributed by atoms with E-state index in [4.69, 9.17) is 4.74 Å². The molecule has 1 saturated carbocycles. The molecular formula is C13H18O2. The second-order valence-corrected chi connectivity index (χ2v) is 4.38. The monoisotopic (exact) mass is 206 g/mol. The van der Waals surface area contributed by atoms with Crippen LogP contribution in [0, 0.1) is 11.8 Å². The summed E-state index contributed by atoms with van der Waals surface area (Å²) in [6.45, 7) is 4.54. The van der Waals surface area contributed by atoms with E-state index in [0.717, 1.165) is 12.0 Å². The van der Waals surface area contributed by atoms with Crippen LogP contribution in [0.15, 0.2) is 23.3 Å². The smallest absolute Gasteiger partial charge is 0.338 e. The summed E-state index contributed by atoms with van der Waals surface area (Å²) >= 11 is 0. The van der Waals surface area contributed by atoms with Crippen molar-refractivity contribution in [3.8, 4) is 0 Å². The van der Waals surface area contributed by atoms with Gasteiger partial charge in [-0.1, -0.05) is 24.6 Å². The molecule has 2 heteroatoms. The Morgan fingerprint density at radius 2 is 2.40 bits per heavy atom. The molecule has 0 aliphatic heterocycles. The molecule has 2 unspecified atom stereocenters. The van der Waals surface area contributed by atoms with Gasteiger partial charge in [-0.15, -0.1) is 0 Å². The van der Waals surface area contributed by atoms with Gasteiger partial charge in [0.2, 0.25) is 0 Å². The van der Waals surface area contributed by atoms with Crippen molar-refractivity contribution in [1.29, 1.82) is 0 Å². The van der Waals surface area contributed by atoms with Crippen LogP contribution in [0.1, 0.15) is 33.1 Å². The zero-order chi connectivity index (χ0) is 10.8. The number of fused-ring (bicyclic) bond motifs is 1. The van der Waals surface area contributed by atoms with E-state index in [1.54, 1.807) is 0 Å². The molecule has 82 valence electrons. The van der Waals surface area contributed by atoms with Gasteiger partial charge in [-0.05, 0) is 38.0 Å². The summed E-state index contributed by atoms with van der Waals surface area (Å²) in [4.78, 5) is 11.7. The van der Waals surface area contributed by atoms with Gasteiger partial charge < -0.3 is 4.74 Å². The number of esters is 1. The topological polar surface area (TPSA) is 26.3 Å². The molecule has 2 nitrogen and oxygen atoms in total. The molecule has 2 aliphatic carbocycles. The first kappa shape index (κ1) is 10.5. The summed E-state index contributed by atoms with van der Waals surface area (Å²) in [5.41, 5.74) is 2.17. The van der Waals surface area contributed by atoms with Crippen LogP contribution < -0.4 is 0 Å². The molecule has 0 saturated heterocycles. The molecule has 0 bridgehead atoms. The molecule has 2 rings (SSSR count). The maximum absolute atomic E-state index is 11.7. The molecule has 15 heavy (non-hydrogen) atoms. The standard InChI is InChI=1S/C13H18O2/c1-3-15-13(14)12-8-7-9(2)10-5-4-6-11(10)12/h7-10H,3-6H2,1-2H3. The summed E-state index contributed by atoms with van der Waals surface area (Å²) in [7, 11) is 0. The summed E-state index contributed by atoms with van der Waals surface area (Å²) < 4.78 is 5.08. The average molecular weight is 206 g/mol. The van der Waals surface area contributed by atoms with Crippen molar-refractivity contribution in [2.75, 3.05) is 6.61 Å². The van der Waals surface area contributed by atoms with E-state index in [9.17, 15) is 4.79 Å². The molecule has 0 N–H and O–H groups in total. The first-order valence-electron chi connectivity index (χ1n) is 5.82. The molecule has 1 fully saturated rings. The molecule has 0 heterocycles. The maximum atomic E-state index is 11.7. The lowest BCUT2D eigenvalue weighted by molar-refractivity contribution is -0.138. The number of carbonyl (C=O) groups excluding carboxylic acids is 1. The van der Waals surface area contributed by atoms with Crippen LogP contribution in [0.3, 0.4) is 0 Å². The Morgan fingerprint density at radius 1 is 1.60 bits per heavy atom. The third-order valence-corrected chi connectivity index (χ3v) is 3.45. The van der Waals surface area contributed by atoms with E-state index < -0.39 is 0 Å². The molecular weight excluding hydrogens is 188 g/mol. The molecule has 2 atom stereocenters. The minimum atomic E-state index is -0.137. The highest BCUT2D eigenvalue weighted by Gasteiger charge is 2.31. The fourth-order valence-corrected chi connectivity index (χ4v) is 2.68. The van der Waals surface area contributed by atoms with Crippen molar-refractivity contribution in [3.63, 3.8) is 0 Å². The van der Waals surface area contributed by atoms with Crippen LogP contribution in [0.4, 0.5) is 0 Å². The number of rotatable bonds is 2. The third-order valence-electron chi connectivity index (χ3n) is 3.45. The minimum Gasteiger partial charge on any atom is -0.462 e. The average Bonchev–Trinajstić information content (AvgIpc) is 2.68. The molecule has 0 radical (unpaired) electrons. The molecule has 0 aromatic rings.